The Morgan fingerprint density at radius 1 is 1.15 bits per heavy atom. The number of ether oxygens (including phenoxy) is 1. The highest BCUT2D eigenvalue weighted by Gasteiger charge is 2.06. The van der Waals surface area contributed by atoms with Gasteiger partial charge in [-0.25, -0.2) is 4.79 Å². The van der Waals surface area contributed by atoms with Crippen LogP contribution in [0.5, 0.6) is 0 Å². The van der Waals surface area contributed by atoms with Crippen LogP contribution in [0.1, 0.15) is 47.7 Å². The molecule has 5 heteroatoms. The zero-order chi connectivity index (χ0) is 18.9. The molecule has 0 aromatic heterocycles. The van der Waals surface area contributed by atoms with E-state index in [0.29, 0.717) is 16.6 Å². The summed E-state index contributed by atoms with van der Waals surface area (Å²) in [5.41, 5.74) is 3.95. The van der Waals surface area contributed by atoms with E-state index in [4.69, 9.17) is 17.0 Å². The molecule has 2 N–H and O–H groups in total. The maximum Gasteiger partial charge on any atom is 0.337 e. The van der Waals surface area contributed by atoms with Gasteiger partial charge in [-0.15, -0.1) is 0 Å². The first-order chi connectivity index (χ1) is 12.5. The fourth-order valence-electron chi connectivity index (χ4n) is 2.58. The predicted molar refractivity (Wildman–Crippen MR) is 111 cm³/mol. The van der Waals surface area contributed by atoms with Crippen molar-refractivity contribution in [1.29, 1.82) is 0 Å². The second-order valence-electron chi connectivity index (χ2n) is 6.45. The number of hydrogen-bond acceptors (Lipinski definition) is 3. The summed E-state index contributed by atoms with van der Waals surface area (Å²) in [5.74, 6) is 0.197. The second kappa shape index (κ2) is 9.92. The number of nitrogens with one attached hydrogen (secondary N) is 2. The lowest BCUT2D eigenvalue weighted by Gasteiger charge is -2.11. The molecular formula is C21H26N2O2S. The van der Waals surface area contributed by atoms with Crippen LogP contribution in [0.4, 0.5) is 5.69 Å². The molecule has 0 atom stereocenters. The van der Waals surface area contributed by atoms with Crippen molar-refractivity contribution in [3.05, 3.63) is 65.2 Å². The van der Waals surface area contributed by atoms with E-state index in [-0.39, 0.29) is 5.97 Å². The molecule has 0 fully saturated rings. The molecule has 0 unspecified atom stereocenters. The molecular weight excluding hydrogens is 344 g/mol. The van der Waals surface area contributed by atoms with Gasteiger partial charge in [0.15, 0.2) is 5.11 Å². The van der Waals surface area contributed by atoms with Gasteiger partial charge in [0.2, 0.25) is 0 Å². The summed E-state index contributed by atoms with van der Waals surface area (Å²) in [7, 11) is 1.37. The molecule has 2 aromatic rings. The van der Waals surface area contributed by atoms with Crippen molar-refractivity contribution in [2.45, 2.75) is 32.6 Å². The summed E-state index contributed by atoms with van der Waals surface area (Å²) in [6.45, 7) is 5.19. The van der Waals surface area contributed by atoms with Gasteiger partial charge in [0, 0.05) is 12.2 Å². The summed E-state index contributed by atoms with van der Waals surface area (Å²) < 4.78 is 4.72. The minimum absolute atomic E-state index is 0.365. The Hall–Kier alpha value is -2.40. The molecule has 0 aliphatic rings. The van der Waals surface area contributed by atoms with Crippen molar-refractivity contribution in [2.24, 2.45) is 0 Å². The Morgan fingerprint density at radius 3 is 2.54 bits per heavy atom. The molecule has 0 spiro atoms. The van der Waals surface area contributed by atoms with Crippen LogP contribution in [0.25, 0.3) is 0 Å². The van der Waals surface area contributed by atoms with Gasteiger partial charge in [-0.1, -0.05) is 44.2 Å². The monoisotopic (exact) mass is 370 g/mol. The zero-order valence-electron chi connectivity index (χ0n) is 15.5. The maximum absolute atomic E-state index is 11.6. The quantitative estimate of drug-likeness (QED) is 0.426. The Kier molecular flexibility index (Phi) is 7.60. The predicted octanol–water partition coefficient (Wildman–Crippen LogP) is 4.52. The second-order valence-corrected chi connectivity index (χ2v) is 6.86. The lowest BCUT2D eigenvalue weighted by molar-refractivity contribution is 0.0601. The van der Waals surface area contributed by atoms with E-state index in [0.717, 1.165) is 25.1 Å². The first-order valence-electron chi connectivity index (χ1n) is 8.81. The molecule has 0 bridgehead atoms. The van der Waals surface area contributed by atoms with E-state index < -0.39 is 0 Å². The van der Waals surface area contributed by atoms with Crippen molar-refractivity contribution in [2.75, 3.05) is 19.0 Å². The molecule has 138 valence electrons. The van der Waals surface area contributed by atoms with E-state index in [1.165, 1.54) is 18.2 Å². The van der Waals surface area contributed by atoms with Crippen LogP contribution in [-0.4, -0.2) is 24.7 Å². The zero-order valence-corrected chi connectivity index (χ0v) is 16.4. The number of benzene rings is 2. The van der Waals surface area contributed by atoms with Crippen LogP contribution in [0, 0.1) is 0 Å². The van der Waals surface area contributed by atoms with E-state index in [9.17, 15) is 4.79 Å². The number of aryl methyl sites for hydroxylation is 1. The first kappa shape index (κ1) is 19.9. The number of anilines is 1. The summed E-state index contributed by atoms with van der Waals surface area (Å²) in [6, 6.07) is 15.9. The normalized spacial score (nSPS) is 10.5. The van der Waals surface area contributed by atoms with Gasteiger partial charge < -0.3 is 15.4 Å². The summed E-state index contributed by atoms with van der Waals surface area (Å²) in [5, 5.41) is 6.83. The lowest BCUT2D eigenvalue weighted by Crippen LogP contribution is -2.29. The van der Waals surface area contributed by atoms with Gasteiger partial charge in [-0.2, -0.15) is 0 Å². The Labute approximate surface area is 161 Å². The summed E-state index contributed by atoms with van der Waals surface area (Å²) in [4.78, 5) is 11.6. The van der Waals surface area contributed by atoms with Crippen molar-refractivity contribution in [1.82, 2.24) is 5.32 Å². The van der Waals surface area contributed by atoms with E-state index in [1.54, 1.807) is 18.2 Å². The Balaban J connectivity index is 1.74. The summed E-state index contributed by atoms with van der Waals surface area (Å²) in [6.07, 6.45) is 2.00. The van der Waals surface area contributed by atoms with Crippen LogP contribution in [0.15, 0.2) is 48.5 Å². The van der Waals surface area contributed by atoms with Crippen LogP contribution in [0.3, 0.4) is 0 Å². The fourth-order valence-corrected chi connectivity index (χ4v) is 2.80. The van der Waals surface area contributed by atoms with Crippen molar-refractivity contribution >= 4 is 29.0 Å². The molecule has 0 saturated heterocycles. The minimum atomic E-state index is -0.365. The van der Waals surface area contributed by atoms with Gasteiger partial charge in [0.05, 0.1) is 12.7 Å². The molecule has 0 aliphatic heterocycles. The summed E-state index contributed by atoms with van der Waals surface area (Å²) >= 11 is 5.31. The molecule has 26 heavy (non-hydrogen) atoms. The van der Waals surface area contributed by atoms with Crippen LogP contribution in [-0.2, 0) is 11.2 Å². The van der Waals surface area contributed by atoms with E-state index in [1.807, 2.05) is 6.07 Å². The van der Waals surface area contributed by atoms with Crippen LogP contribution >= 0.6 is 12.2 Å². The van der Waals surface area contributed by atoms with Gasteiger partial charge >= 0.3 is 5.97 Å². The molecule has 0 amide bonds. The SMILES string of the molecule is COC(=O)c1cccc(NC(=S)NCCCc2ccc(C(C)C)cc2)c1. The molecule has 0 radical (unpaired) electrons. The molecule has 0 saturated carbocycles. The average molecular weight is 371 g/mol. The highest BCUT2D eigenvalue weighted by atomic mass is 32.1. The molecule has 2 aromatic carbocycles. The fraction of sp³-hybridized carbons (Fsp3) is 0.333. The third-order valence-electron chi connectivity index (χ3n) is 4.12. The molecule has 0 aliphatic carbocycles. The van der Waals surface area contributed by atoms with Crippen molar-refractivity contribution in [3.8, 4) is 0 Å². The Bertz CT molecular complexity index is 742. The van der Waals surface area contributed by atoms with Crippen LogP contribution < -0.4 is 10.6 Å². The number of carbonyl (C=O) groups is 1. The van der Waals surface area contributed by atoms with Gasteiger partial charge in [0.25, 0.3) is 0 Å². The number of thiocarbonyl (C=S) groups is 1. The number of methoxy groups -OCH3 is 1. The van der Waals surface area contributed by atoms with Crippen molar-refractivity contribution < 1.29 is 9.53 Å². The van der Waals surface area contributed by atoms with E-state index in [2.05, 4.69) is 48.7 Å². The van der Waals surface area contributed by atoms with Gasteiger partial charge in [-0.3, -0.25) is 0 Å². The third kappa shape index (κ3) is 6.15. The number of carbonyl (C=O) groups excluding carboxylic acids is 1. The standard InChI is InChI=1S/C21H26N2O2S/c1-15(2)17-11-9-16(10-12-17)6-5-13-22-21(26)23-19-8-4-7-18(14-19)20(24)25-3/h4,7-12,14-15H,5-6,13H2,1-3H3,(H2,22,23,26). The van der Waals surface area contributed by atoms with Crippen molar-refractivity contribution in [3.63, 3.8) is 0 Å². The largest absolute Gasteiger partial charge is 0.465 e. The smallest absolute Gasteiger partial charge is 0.337 e. The van der Waals surface area contributed by atoms with E-state index >= 15 is 0 Å². The van der Waals surface area contributed by atoms with Crippen LogP contribution in [0.2, 0.25) is 0 Å². The first-order valence-corrected chi connectivity index (χ1v) is 9.22. The lowest BCUT2D eigenvalue weighted by atomic mass is 10.0. The Morgan fingerprint density at radius 2 is 1.88 bits per heavy atom. The number of rotatable bonds is 7. The average Bonchev–Trinajstić information content (AvgIpc) is 2.65. The molecule has 0 heterocycles. The van der Waals surface area contributed by atoms with Gasteiger partial charge in [0.1, 0.15) is 0 Å². The molecule has 4 nitrogen and oxygen atoms in total. The number of hydrogen-bond donors (Lipinski definition) is 2. The maximum atomic E-state index is 11.6. The highest BCUT2D eigenvalue weighted by molar-refractivity contribution is 7.80. The van der Waals surface area contributed by atoms with Gasteiger partial charge in [-0.05, 0) is 60.3 Å². The third-order valence-corrected chi connectivity index (χ3v) is 4.36. The number of esters is 1. The topological polar surface area (TPSA) is 50.4 Å². The minimum Gasteiger partial charge on any atom is -0.465 e. The highest BCUT2D eigenvalue weighted by Crippen LogP contribution is 2.15. The molecule has 2 rings (SSSR count).